The molecule has 1 saturated heterocycles. The Bertz CT molecular complexity index is 227. The van der Waals surface area contributed by atoms with Gasteiger partial charge < -0.3 is 11.1 Å². The second-order valence-corrected chi connectivity index (χ2v) is 4.50. The highest BCUT2D eigenvalue weighted by Gasteiger charge is 2.34. The topological polar surface area (TPSA) is 58.4 Å². The molecule has 1 aliphatic heterocycles. The zero-order chi connectivity index (χ0) is 10.1. The van der Waals surface area contributed by atoms with E-state index in [9.17, 15) is 4.79 Å². The van der Waals surface area contributed by atoms with E-state index in [4.69, 9.17) is 5.73 Å². The molecular formula is C10H19N3O. The summed E-state index contributed by atoms with van der Waals surface area (Å²) >= 11 is 0. The van der Waals surface area contributed by atoms with Crippen LogP contribution in [0.15, 0.2) is 0 Å². The summed E-state index contributed by atoms with van der Waals surface area (Å²) < 4.78 is 0. The van der Waals surface area contributed by atoms with Crippen molar-refractivity contribution in [1.82, 2.24) is 10.2 Å². The first-order chi connectivity index (χ1) is 6.66. The number of amides is 1. The Kier molecular flexibility index (Phi) is 2.74. The fourth-order valence-corrected chi connectivity index (χ4v) is 2.13. The molecule has 0 aromatic rings. The molecule has 4 nitrogen and oxygen atoms in total. The maximum Gasteiger partial charge on any atom is 0.234 e. The number of hydrogen-bond acceptors (Lipinski definition) is 3. The number of likely N-dealkylation sites (tertiary alicyclic amines) is 1. The lowest BCUT2D eigenvalue weighted by Crippen LogP contribution is -2.45. The molecule has 2 rings (SSSR count). The summed E-state index contributed by atoms with van der Waals surface area (Å²) in [6, 6.07) is 1.10. The molecule has 1 heterocycles. The zero-order valence-electron chi connectivity index (χ0n) is 8.70. The third-order valence-electron chi connectivity index (χ3n) is 3.20. The summed E-state index contributed by atoms with van der Waals surface area (Å²) in [4.78, 5) is 13.4. The molecule has 14 heavy (non-hydrogen) atoms. The van der Waals surface area contributed by atoms with Gasteiger partial charge in [0.05, 0.1) is 6.04 Å². The molecule has 2 fully saturated rings. The van der Waals surface area contributed by atoms with Gasteiger partial charge in [0.15, 0.2) is 0 Å². The van der Waals surface area contributed by atoms with Gasteiger partial charge in [-0.2, -0.15) is 0 Å². The molecule has 0 bridgehead atoms. The maximum atomic E-state index is 10.9. The third-order valence-corrected chi connectivity index (χ3v) is 3.20. The molecule has 0 aromatic carbocycles. The number of primary amides is 1. The zero-order valence-corrected chi connectivity index (χ0v) is 8.70. The predicted octanol–water partition coefficient (Wildman–Crippen LogP) is -0.313. The van der Waals surface area contributed by atoms with Crippen molar-refractivity contribution in [2.24, 2.45) is 5.73 Å². The van der Waals surface area contributed by atoms with E-state index in [0.717, 1.165) is 19.0 Å². The lowest BCUT2D eigenvalue weighted by atomic mass is 10.2. The van der Waals surface area contributed by atoms with Crippen molar-refractivity contribution in [2.75, 3.05) is 13.1 Å². The Morgan fingerprint density at radius 3 is 2.79 bits per heavy atom. The van der Waals surface area contributed by atoms with Crippen LogP contribution in [0.25, 0.3) is 0 Å². The molecule has 2 atom stereocenters. The highest BCUT2D eigenvalue weighted by molar-refractivity contribution is 5.79. The largest absolute Gasteiger partial charge is 0.368 e. The summed E-state index contributed by atoms with van der Waals surface area (Å²) in [7, 11) is 0. The second-order valence-electron chi connectivity index (χ2n) is 4.50. The van der Waals surface area contributed by atoms with Gasteiger partial charge in [-0.25, -0.2) is 0 Å². The summed E-state index contributed by atoms with van der Waals surface area (Å²) in [5, 5.41) is 3.27. The predicted molar refractivity (Wildman–Crippen MR) is 54.8 cm³/mol. The molecule has 80 valence electrons. The number of carbonyl (C=O) groups is 1. The average Bonchev–Trinajstić information content (AvgIpc) is 2.88. The van der Waals surface area contributed by atoms with Crippen LogP contribution in [0.4, 0.5) is 0 Å². The molecule has 0 spiro atoms. The van der Waals surface area contributed by atoms with Crippen molar-refractivity contribution in [3.63, 3.8) is 0 Å². The molecule has 2 unspecified atom stereocenters. The normalized spacial score (nSPS) is 30.5. The highest BCUT2D eigenvalue weighted by atomic mass is 16.1. The molecule has 1 amide bonds. The van der Waals surface area contributed by atoms with Crippen LogP contribution in [0.1, 0.15) is 26.2 Å². The average molecular weight is 197 g/mol. The minimum Gasteiger partial charge on any atom is -0.368 e. The van der Waals surface area contributed by atoms with Crippen molar-refractivity contribution in [1.29, 1.82) is 0 Å². The van der Waals surface area contributed by atoms with Crippen LogP contribution in [0, 0.1) is 0 Å². The van der Waals surface area contributed by atoms with E-state index in [2.05, 4.69) is 10.2 Å². The van der Waals surface area contributed by atoms with Gasteiger partial charge >= 0.3 is 0 Å². The Morgan fingerprint density at radius 1 is 1.50 bits per heavy atom. The van der Waals surface area contributed by atoms with Crippen molar-refractivity contribution >= 4 is 5.91 Å². The lowest BCUT2D eigenvalue weighted by molar-refractivity contribution is -0.119. The third kappa shape index (κ3) is 2.25. The molecule has 4 heteroatoms. The van der Waals surface area contributed by atoms with E-state index < -0.39 is 0 Å². The molecule has 3 N–H and O–H groups in total. The number of nitrogens with two attached hydrogens (primary N) is 1. The second kappa shape index (κ2) is 3.87. The van der Waals surface area contributed by atoms with Crippen LogP contribution in [0.5, 0.6) is 0 Å². The molecule has 0 aromatic heterocycles. The van der Waals surface area contributed by atoms with Gasteiger partial charge in [-0.3, -0.25) is 9.69 Å². The Hall–Kier alpha value is -0.610. The molecule has 1 aliphatic carbocycles. The van der Waals surface area contributed by atoms with E-state index >= 15 is 0 Å². The van der Waals surface area contributed by atoms with Crippen LogP contribution in [0.2, 0.25) is 0 Å². The summed E-state index contributed by atoms with van der Waals surface area (Å²) in [5.74, 6) is -0.255. The van der Waals surface area contributed by atoms with Crippen LogP contribution in [-0.2, 0) is 4.79 Å². The smallest absolute Gasteiger partial charge is 0.234 e. The van der Waals surface area contributed by atoms with Gasteiger partial charge in [0.2, 0.25) is 5.91 Å². The highest BCUT2D eigenvalue weighted by Crippen LogP contribution is 2.29. The van der Waals surface area contributed by atoms with Crippen LogP contribution >= 0.6 is 0 Å². The Labute approximate surface area is 84.8 Å². The van der Waals surface area contributed by atoms with E-state index in [-0.39, 0.29) is 11.9 Å². The molecule has 1 saturated carbocycles. The van der Waals surface area contributed by atoms with Gasteiger partial charge in [0, 0.05) is 25.2 Å². The van der Waals surface area contributed by atoms with Gasteiger partial charge in [-0.1, -0.05) is 0 Å². The molecular weight excluding hydrogens is 178 g/mol. The minimum atomic E-state index is -0.255. The maximum absolute atomic E-state index is 10.9. The van der Waals surface area contributed by atoms with Crippen LogP contribution < -0.4 is 11.1 Å². The van der Waals surface area contributed by atoms with Crippen LogP contribution in [0.3, 0.4) is 0 Å². The Balaban J connectivity index is 1.74. The summed E-state index contributed by atoms with van der Waals surface area (Å²) in [6.45, 7) is 4.10. The first-order valence-electron chi connectivity index (χ1n) is 5.46. The van der Waals surface area contributed by atoms with E-state index in [0.29, 0.717) is 6.04 Å². The number of nitrogens with one attached hydrogen (secondary N) is 1. The van der Waals surface area contributed by atoms with Crippen molar-refractivity contribution in [3.8, 4) is 0 Å². The van der Waals surface area contributed by atoms with Crippen molar-refractivity contribution in [3.05, 3.63) is 0 Å². The molecule has 0 radical (unpaired) electrons. The van der Waals surface area contributed by atoms with Gasteiger partial charge in [-0.05, 0) is 26.2 Å². The number of hydrogen-bond donors (Lipinski definition) is 2. The van der Waals surface area contributed by atoms with Crippen molar-refractivity contribution in [2.45, 2.75) is 44.3 Å². The lowest BCUT2D eigenvalue weighted by Gasteiger charge is -2.18. The van der Waals surface area contributed by atoms with Gasteiger partial charge in [-0.15, -0.1) is 0 Å². The first kappa shape index (κ1) is 9.93. The van der Waals surface area contributed by atoms with Crippen molar-refractivity contribution < 1.29 is 4.79 Å². The fourth-order valence-electron chi connectivity index (χ4n) is 2.13. The SMILES string of the molecule is CC(NC1CCN(C2CC2)C1)C(N)=O. The molecule has 2 aliphatic rings. The standard InChI is InChI=1S/C10H19N3O/c1-7(10(11)14)12-8-4-5-13(6-8)9-2-3-9/h7-9,12H,2-6H2,1H3,(H2,11,14). The van der Waals surface area contributed by atoms with Crippen LogP contribution in [-0.4, -0.2) is 42.0 Å². The van der Waals surface area contributed by atoms with Gasteiger partial charge in [0.1, 0.15) is 0 Å². The van der Waals surface area contributed by atoms with E-state index in [1.807, 2.05) is 6.92 Å². The van der Waals surface area contributed by atoms with Gasteiger partial charge in [0.25, 0.3) is 0 Å². The number of rotatable bonds is 4. The Morgan fingerprint density at radius 2 is 2.21 bits per heavy atom. The summed E-state index contributed by atoms with van der Waals surface area (Å²) in [5.41, 5.74) is 5.21. The number of carbonyl (C=O) groups excluding carboxylic acids is 1. The number of nitrogens with zero attached hydrogens (tertiary/aromatic N) is 1. The van der Waals surface area contributed by atoms with E-state index in [1.54, 1.807) is 0 Å². The summed E-state index contributed by atoms with van der Waals surface area (Å²) in [6.07, 6.45) is 3.87. The quantitative estimate of drug-likeness (QED) is 0.650. The minimum absolute atomic E-state index is 0.195. The fraction of sp³-hybridized carbons (Fsp3) is 0.900. The monoisotopic (exact) mass is 197 g/mol. The first-order valence-corrected chi connectivity index (χ1v) is 5.46. The van der Waals surface area contributed by atoms with E-state index in [1.165, 1.54) is 19.4 Å².